The number of carboxylic acids is 1. The monoisotopic (exact) mass is 171 g/mol. The standard InChI is InChI=1S/C8H13NO3/c1-5(2)9-7(10)4-6(3)8(11)12/h4-5H,1-3H3,(H,9,10)(H,11,12). The van der Waals surface area contributed by atoms with Gasteiger partial charge in [0.05, 0.1) is 0 Å². The third-order valence-electron chi connectivity index (χ3n) is 1.12. The first-order valence-corrected chi connectivity index (χ1v) is 3.65. The van der Waals surface area contributed by atoms with Gasteiger partial charge in [-0.25, -0.2) is 4.79 Å². The van der Waals surface area contributed by atoms with Gasteiger partial charge < -0.3 is 10.4 Å². The van der Waals surface area contributed by atoms with E-state index in [1.54, 1.807) is 0 Å². The van der Waals surface area contributed by atoms with E-state index in [0.29, 0.717) is 0 Å². The van der Waals surface area contributed by atoms with Gasteiger partial charge >= 0.3 is 5.97 Å². The average molecular weight is 171 g/mol. The summed E-state index contributed by atoms with van der Waals surface area (Å²) < 4.78 is 0. The van der Waals surface area contributed by atoms with Crippen LogP contribution in [-0.4, -0.2) is 23.0 Å². The summed E-state index contributed by atoms with van der Waals surface area (Å²) in [5, 5.41) is 11.0. The quantitative estimate of drug-likeness (QED) is 0.609. The van der Waals surface area contributed by atoms with Gasteiger partial charge in [-0.3, -0.25) is 4.79 Å². The molecule has 0 aromatic rings. The number of carbonyl (C=O) groups is 2. The second kappa shape index (κ2) is 4.54. The second-order valence-corrected chi connectivity index (χ2v) is 2.80. The van der Waals surface area contributed by atoms with E-state index in [1.807, 2.05) is 13.8 Å². The molecule has 1 amide bonds. The van der Waals surface area contributed by atoms with E-state index in [2.05, 4.69) is 5.32 Å². The van der Waals surface area contributed by atoms with Crippen LogP contribution < -0.4 is 5.32 Å². The predicted octanol–water partition coefficient (Wildman–Crippen LogP) is 0.542. The molecule has 4 heteroatoms. The Hall–Kier alpha value is -1.32. The molecule has 0 aliphatic rings. The van der Waals surface area contributed by atoms with Crippen LogP contribution >= 0.6 is 0 Å². The minimum Gasteiger partial charge on any atom is -0.478 e. The first kappa shape index (κ1) is 10.7. The van der Waals surface area contributed by atoms with Crippen LogP contribution in [0.15, 0.2) is 11.6 Å². The Morgan fingerprint density at radius 2 is 1.92 bits per heavy atom. The molecule has 0 radical (unpaired) electrons. The highest BCUT2D eigenvalue weighted by Gasteiger charge is 2.04. The molecule has 0 rings (SSSR count). The van der Waals surface area contributed by atoms with Crippen molar-refractivity contribution in [3.63, 3.8) is 0 Å². The van der Waals surface area contributed by atoms with Crippen molar-refractivity contribution in [1.29, 1.82) is 0 Å². The Kier molecular flexibility index (Phi) is 4.04. The maximum atomic E-state index is 10.9. The lowest BCUT2D eigenvalue weighted by Gasteiger charge is -2.04. The van der Waals surface area contributed by atoms with Crippen LogP contribution in [0.25, 0.3) is 0 Å². The van der Waals surface area contributed by atoms with Gasteiger partial charge in [-0.05, 0) is 20.8 Å². The molecule has 4 nitrogen and oxygen atoms in total. The summed E-state index contributed by atoms with van der Waals surface area (Å²) in [4.78, 5) is 21.2. The minimum atomic E-state index is -1.08. The number of carboxylic acid groups (broad SMARTS) is 1. The number of nitrogens with one attached hydrogen (secondary N) is 1. The van der Waals surface area contributed by atoms with Gasteiger partial charge in [0.1, 0.15) is 0 Å². The van der Waals surface area contributed by atoms with Gasteiger partial charge in [0.2, 0.25) is 5.91 Å². The van der Waals surface area contributed by atoms with Gasteiger partial charge in [0, 0.05) is 17.7 Å². The second-order valence-electron chi connectivity index (χ2n) is 2.80. The highest BCUT2D eigenvalue weighted by Crippen LogP contribution is 1.91. The zero-order valence-corrected chi connectivity index (χ0v) is 7.42. The van der Waals surface area contributed by atoms with Crippen LogP contribution in [0, 0.1) is 0 Å². The van der Waals surface area contributed by atoms with E-state index in [4.69, 9.17) is 5.11 Å². The van der Waals surface area contributed by atoms with Crippen molar-refractivity contribution in [3.05, 3.63) is 11.6 Å². The lowest BCUT2D eigenvalue weighted by atomic mass is 10.2. The number of carbonyl (C=O) groups excluding carboxylic acids is 1. The molecule has 0 aromatic heterocycles. The Bertz CT molecular complexity index is 218. The molecule has 0 saturated carbocycles. The summed E-state index contributed by atoms with van der Waals surface area (Å²) >= 11 is 0. The normalized spacial score (nSPS) is 11.5. The summed E-state index contributed by atoms with van der Waals surface area (Å²) in [6, 6.07) is 0.0235. The van der Waals surface area contributed by atoms with Crippen LogP contribution in [-0.2, 0) is 9.59 Å². The third kappa shape index (κ3) is 4.49. The van der Waals surface area contributed by atoms with Crippen LogP contribution in [0.3, 0.4) is 0 Å². The van der Waals surface area contributed by atoms with E-state index < -0.39 is 5.97 Å². The summed E-state index contributed by atoms with van der Waals surface area (Å²) in [6.45, 7) is 4.99. The number of rotatable bonds is 3. The van der Waals surface area contributed by atoms with E-state index >= 15 is 0 Å². The van der Waals surface area contributed by atoms with Crippen molar-refractivity contribution in [1.82, 2.24) is 5.32 Å². The fraction of sp³-hybridized carbons (Fsp3) is 0.500. The van der Waals surface area contributed by atoms with Gasteiger partial charge in [-0.1, -0.05) is 0 Å². The average Bonchev–Trinajstić information content (AvgIpc) is 1.84. The molecule has 12 heavy (non-hydrogen) atoms. The Morgan fingerprint density at radius 3 is 2.25 bits per heavy atom. The summed E-state index contributed by atoms with van der Waals surface area (Å²) in [7, 11) is 0. The van der Waals surface area contributed by atoms with E-state index in [0.717, 1.165) is 6.08 Å². The molecule has 0 heterocycles. The zero-order chi connectivity index (χ0) is 9.72. The fourth-order valence-corrected chi connectivity index (χ4v) is 0.585. The smallest absolute Gasteiger partial charge is 0.331 e. The molecule has 68 valence electrons. The Morgan fingerprint density at radius 1 is 1.42 bits per heavy atom. The molecule has 0 aromatic carbocycles. The fourth-order valence-electron chi connectivity index (χ4n) is 0.585. The molecule has 0 saturated heterocycles. The van der Waals surface area contributed by atoms with Crippen molar-refractivity contribution in [3.8, 4) is 0 Å². The molecule has 0 bridgehead atoms. The van der Waals surface area contributed by atoms with Crippen molar-refractivity contribution < 1.29 is 14.7 Å². The van der Waals surface area contributed by atoms with Gasteiger partial charge in [-0.15, -0.1) is 0 Å². The predicted molar refractivity (Wildman–Crippen MR) is 44.7 cm³/mol. The van der Waals surface area contributed by atoms with E-state index in [1.165, 1.54) is 6.92 Å². The molecule has 0 aliphatic heterocycles. The van der Waals surface area contributed by atoms with Crippen LogP contribution in [0.1, 0.15) is 20.8 Å². The van der Waals surface area contributed by atoms with Crippen LogP contribution in [0.2, 0.25) is 0 Å². The first-order chi connectivity index (χ1) is 5.43. The maximum absolute atomic E-state index is 10.9. The van der Waals surface area contributed by atoms with Crippen molar-refractivity contribution in [2.24, 2.45) is 0 Å². The Balaban J connectivity index is 4.15. The Labute approximate surface area is 71.3 Å². The third-order valence-corrected chi connectivity index (χ3v) is 1.12. The van der Waals surface area contributed by atoms with Crippen molar-refractivity contribution >= 4 is 11.9 Å². The molecule has 2 N–H and O–H groups in total. The number of hydrogen-bond acceptors (Lipinski definition) is 2. The van der Waals surface area contributed by atoms with Crippen LogP contribution in [0.5, 0.6) is 0 Å². The van der Waals surface area contributed by atoms with Crippen molar-refractivity contribution in [2.75, 3.05) is 0 Å². The molecular weight excluding hydrogens is 158 g/mol. The molecule has 0 fully saturated rings. The summed E-state index contributed by atoms with van der Waals surface area (Å²) in [5.41, 5.74) is 0.0353. The SMILES string of the molecule is CC(=CC(=O)NC(C)C)C(=O)O. The van der Waals surface area contributed by atoms with Crippen molar-refractivity contribution in [2.45, 2.75) is 26.8 Å². The lowest BCUT2D eigenvalue weighted by Crippen LogP contribution is -2.28. The summed E-state index contributed by atoms with van der Waals surface area (Å²) in [6.07, 6.45) is 1.07. The van der Waals surface area contributed by atoms with Crippen LogP contribution in [0.4, 0.5) is 0 Å². The van der Waals surface area contributed by atoms with E-state index in [-0.39, 0.29) is 17.5 Å². The topological polar surface area (TPSA) is 66.4 Å². The zero-order valence-electron chi connectivity index (χ0n) is 7.42. The summed E-state index contributed by atoms with van der Waals surface area (Å²) in [5.74, 6) is -1.45. The molecule has 0 unspecified atom stereocenters. The highest BCUT2D eigenvalue weighted by atomic mass is 16.4. The molecule has 0 aliphatic carbocycles. The van der Waals surface area contributed by atoms with Gasteiger partial charge in [0.25, 0.3) is 0 Å². The molecule has 0 atom stereocenters. The van der Waals surface area contributed by atoms with Gasteiger partial charge in [0.15, 0.2) is 0 Å². The minimum absolute atomic E-state index is 0.0235. The number of amides is 1. The van der Waals surface area contributed by atoms with Gasteiger partial charge in [-0.2, -0.15) is 0 Å². The molecule has 0 spiro atoms. The highest BCUT2D eigenvalue weighted by molar-refractivity contribution is 5.97. The number of aliphatic carboxylic acids is 1. The largest absolute Gasteiger partial charge is 0.478 e. The lowest BCUT2D eigenvalue weighted by molar-refractivity contribution is -0.133. The van der Waals surface area contributed by atoms with E-state index in [9.17, 15) is 9.59 Å². The number of hydrogen-bond donors (Lipinski definition) is 2. The maximum Gasteiger partial charge on any atom is 0.331 e. The first-order valence-electron chi connectivity index (χ1n) is 3.65. The molecular formula is C8H13NO3.